The van der Waals surface area contributed by atoms with Gasteiger partial charge in [-0.05, 0) is 13.0 Å². The number of carbonyl (C=O) groups is 1. The molecule has 0 spiro atoms. The molecule has 7 heteroatoms. The number of para-hydroxylation sites is 1. The van der Waals surface area contributed by atoms with Gasteiger partial charge in [0.15, 0.2) is 0 Å². The van der Waals surface area contributed by atoms with Crippen LogP contribution in [0.3, 0.4) is 0 Å². The highest BCUT2D eigenvalue weighted by Crippen LogP contribution is 2.15. The van der Waals surface area contributed by atoms with E-state index in [-0.39, 0.29) is 23.9 Å². The second-order valence-corrected chi connectivity index (χ2v) is 5.73. The summed E-state index contributed by atoms with van der Waals surface area (Å²) in [5, 5.41) is 9.71. The van der Waals surface area contributed by atoms with Gasteiger partial charge >= 0.3 is 10.8 Å². The first-order valence-electron chi connectivity index (χ1n) is 6.87. The minimum absolute atomic E-state index is 0.0342. The topological polar surface area (TPSA) is 77.0 Å². The van der Waals surface area contributed by atoms with E-state index in [9.17, 15) is 9.59 Å². The van der Waals surface area contributed by atoms with Gasteiger partial charge in [-0.3, -0.25) is 19.3 Å². The molecule has 0 fully saturated rings. The van der Waals surface area contributed by atoms with Crippen LogP contribution >= 0.6 is 11.3 Å². The van der Waals surface area contributed by atoms with Crippen molar-refractivity contribution in [2.75, 3.05) is 6.61 Å². The van der Waals surface area contributed by atoms with Crippen molar-refractivity contribution in [3.05, 3.63) is 50.7 Å². The molecule has 0 bridgehead atoms. The van der Waals surface area contributed by atoms with Gasteiger partial charge < -0.3 is 4.74 Å². The van der Waals surface area contributed by atoms with Gasteiger partial charge in [-0.2, -0.15) is 5.10 Å². The molecule has 0 unspecified atom stereocenters. The zero-order chi connectivity index (χ0) is 15.5. The number of hydrogen-bond donors (Lipinski definition) is 1. The van der Waals surface area contributed by atoms with Crippen molar-refractivity contribution < 1.29 is 9.53 Å². The first kappa shape index (κ1) is 14.5. The van der Waals surface area contributed by atoms with Gasteiger partial charge in [0.1, 0.15) is 6.61 Å². The van der Waals surface area contributed by atoms with Crippen LogP contribution in [0.4, 0.5) is 0 Å². The molecule has 0 amide bonds. The van der Waals surface area contributed by atoms with Crippen LogP contribution in [0, 0.1) is 6.92 Å². The van der Waals surface area contributed by atoms with Crippen LogP contribution in [0.25, 0.3) is 10.9 Å². The smallest absolute Gasteiger partial charge is 0.311 e. The number of ether oxygens (including phenoxy) is 1. The lowest BCUT2D eigenvalue weighted by Gasteiger charge is -2.06. The van der Waals surface area contributed by atoms with Crippen LogP contribution < -0.4 is 4.87 Å². The molecule has 22 heavy (non-hydrogen) atoms. The Morgan fingerprint density at radius 1 is 1.41 bits per heavy atom. The van der Waals surface area contributed by atoms with Crippen molar-refractivity contribution in [3.63, 3.8) is 0 Å². The predicted octanol–water partition coefficient (Wildman–Crippen LogP) is 1.88. The van der Waals surface area contributed by atoms with Gasteiger partial charge in [0.25, 0.3) is 0 Å². The fraction of sp³-hybridized carbons (Fsp3) is 0.267. The van der Waals surface area contributed by atoms with Crippen LogP contribution in [0.1, 0.15) is 11.4 Å². The summed E-state index contributed by atoms with van der Waals surface area (Å²) in [5.41, 5.74) is 2.45. The number of thiazole rings is 1. The maximum atomic E-state index is 11.9. The molecule has 6 nitrogen and oxygen atoms in total. The molecular weight excluding hydrogens is 302 g/mol. The summed E-state index contributed by atoms with van der Waals surface area (Å²) in [6, 6.07) is 7.59. The van der Waals surface area contributed by atoms with Crippen molar-refractivity contribution in [2.45, 2.75) is 19.9 Å². The quantitative estimate of drug-likeness (QED) is 0.729. The normalized spacial score (nSPS) is 11.0. The highest BCUT2D eigenvalue weighted by atomic mass is 32.1. The van der Waals surface area contributed by atoms with E-state index in [1.807, 2.05) is 31.2 Å². The highest BCUT2D eigenvalue weighted by molar-refractivity contribution is 7.07. The molecule has 0 saturated carbocycles. The van der Waals surface area contributed by atoms with Crippen LogP contribution in [0.5, 0.6) is 0 Å². The van der Waals surface area contributed by atoms with Crippen LogP contribution in [-0.4, -0.2) is 27.3 Å². The van der Waals surface area contributed by atoms with Crippen molar-refractivity contribution in [3.8, 4) is 0 Å². The molecule has 1 N–H and O–H groups in total. The van der Waals surface area contributed by atoms with E-state index in [0.29, 0.717) is 6.54 Å². The number of hydrogen-bond acceptors (Lipinski definition) is 5. The van der Waals surface area contributed by atoms with E-state index in [4.69, 9.17) is 4.74 Å². The Hall–Kier alpha value is -2.41. The molecule has 2 heterocycles. The molecule has 0 saturated heterocycles. The number of aromatic amines is 1. The summed E-state index contributed by atoms with van der Waals surface area (Å²) < 4.78 is 6.81. The number of aryl methyl sites for hydroxylation is 1. The zero-order valence-electron chi connectivity index (χ0n) is 12.0. The minimum Gasteiger partial charge on any atom is -0.463 e. The molecule has 1 aromatic carbocycles. The van der Waals surface area contributed by atoms with Crippen molar-refractivity contribution in [1.82, 2.24) is 14.8 Å². The van der Waals surface area contributed by atoms with Crippen molar-refractivity contribution in [2.24, 2.45) is 0 Å². The average Bonchev–Trinajstić information content (AvgIpc) is 3.05. The van der Waals surface area contributed by atoms with E-state index >= 15 is 0 Å². The number of rotatable bonds is 5. The zero-order valence-corrected chi connectivity index (χ0v) is 12.9. The van der Waals surface area contributed by atoms with E-state index in [0.717, 1.165) is 33.6 Å². The van der Waals surface area contributed by atoms with Crippen LogP contribution in [-0.2, 0) is 22.5 Å². The minimum atomic E-state index is -0.338. The Morgan fingerprint density at radius 2 is 2.23 bits per heavy atom. The predicted molar refractivity (Wildman–Crippen MR) is 84.1 cm³/mol. The molecule has 114 valence electrons. The van der Waals surface area contributed by atoms with Gasteiger partial charge in [0, 0.05) is 16.5 Å². The molecule has 3 rings (SSSR count). The molecule has 0 aliphatic carbocycles. The number of carbonyl (C=O) groups excluding carboxylic acids is 1. The van der Waals surface area contributed by atoms with E-state index in [2.05, 4.69) is 10.2 Å². The molecule has 0 aliphatic rings. The highest BCUT2D eigenvalue weighted by Gasteiger charge is 2.11. The number of benzene rings is 1. The largest absolute Gasteiger partial charge is 0.463 e. The Kier molecular flexibility index (Phi) is 4.06. The molecular formula is C15H15N3O3S. The SMILES string of the molecule is Cc1csc(=O)n1CCOC(=O)Cc1[nH]nc2ccccc12. The Morgan fingerprint density at radius 3 is 3.00 bits per heavy atom. The Balaban J connectivity index is 1.58. The van der Waals surface area contributed by atoms with Gasteiger partial charge in [-0.15, -0.1) is 0 Å². The fourth-order valence-corrected chi connectivity index (χ4v) is 3.03. The summed E-state index contributed by atoms with van der Waals surface area (Å²) in [6.07, 6.45) is 0.137. The molecule has 2 aromatic heterocycles. The second kappa shape index (κ2) is 6.15. The van der Waals surface area contributed by atoms with E-state index in [1.165, 1.54) is 0 Å². The third-order valence-electron chi connectivity index (χ3n) is 3.42. The average molecular weight is 317 g/mol. The van der Waals surface area contributed by atoms with Gasteiger partial charge in [-0.1, -0.05) is 29.5 Å². The summed E-state index contributed by atoms with van der Waals surface area (Å²) in [6.45, 7) is 2.42. The second-order valence-electron chi connectivity index (χ2n) is 4.91. The van der Waals surface area contributed by atoms with Crippen LogP contribution in [0.15, 0.2) is 34.4 Å². The van der Waals surface area contributed by atoms with E-state index in [1.54, 1.807) is 9.95 Å². The van der Waals surface area contributed by atoms with Crippen molar-refractivity contribution >= 4 is 28.2 Å². The number of H-pyrrole nitrogens is 1. The number of esters is 1. The van der Waals surface area contributed by atoms with Gasteiger partial charge in [0.05, 0.1) is 24.2 Å². The molecule has 0 aliphatic heterocycles. The van der Waals surface area contributed by atoms with Gasteiger partial charge in [-0.25, -0.2) is 0 Å². The lowest BCUT2D eigenvalue weighted by molar-refractivity contribution is -0.143. The first-order chi connectivity index (χ1) is 10.6. The van der Waals surface area contributed by atoms with Crippen LogP contribution in [0.2, 0.25) is 0 Å². The summed E-state index contributed by atoms with van der Waals surface area (Å²) >= 11 is 1.15. The van der Waals surface area contributed by atoms with Crippen molar-refractivity contribution in [1.29, 1.82) is 0 Å². The summed E-state index contributed by atoms with van der Waals surface area (Å²) in [7, 11) is 0. The van der Waals surface area contributed by atoms with Gasteiger partial charge in [0.2, 0.25) is 0 Å². The number of fused-ring (bicyclic) bond motifs is 1. The molecule has 3 aromatic rings. The number of nitrogens with zero attached hydrogens (tertiary/aromatic N) is 2. The lowest BCUT2D eigenvalue weighted by Crippen LogP contribution is -2.20. The lowest BCUT2D eigenvalue weighted by atomic mass is 10.2. The summed E-state index contributed by atoms with van der Waals surface area (Å²) in [4.78, 5) is 23.4. The number of nitrogens with one attached hydrogen (secondary N) is 1. The standard InChI is InChI=1S/C15H15N3O3S/c1-10-9-22-15(20)18(10)6-7-21-14(19)8-13-11-4-2-3-5-12(11)16-17-13/h2-5,9H,6-8H2,1H3,(H,16,17). The maximum Gasteiger partial charge on any atom is 0.311 e. The Bertz CT molecular complexity index is 862. The molecule has 0 radical (unpaired) electrons. The van der Waals surface area contributed by atoms with E-state index < -0.39 is 0 Å². The monoisotopic (exact) mass is 317 g/mol. The third-order valence-corrected chi connectivity index (χ3v) is 4.30. The summed E-state index contributed by atoms with van der Waals surface area (Å²) in [5.74, 6) is -0.338. The molecule has 0 atom stereocenters. The fourth-order valence-electron chi connectivity index (χ4n) is 2.27. The number of aromatic nitrogens is 3. The first-order valence-corrected chi connectivity index (χ1v) is 7.75. The maximum absolute atomic E-state index is 11.9. The third kappa shape index (κ3) is 2.94. The Labute approximate surface area is 130 Å².